The summed E-state index contributed by atoms with van der Waals surface area (Å²) in [5, 5.41) is 8.72. The van der Waals surface area contributed by atoms with Crippen molar-refractivity contribution in [2.75, 3.05) is 0 Å². The summed E-state index contributed by atoms with van der Waals surface area (Å²) in [6, 6.07) is 0. The number of carboxylic acids is 1. The fourth-order valence-corrected chi connectivity index (χ4v) is 1.15. The van der Waals surface area contributed by atoms with Crippen LogP contribution in [0.5, 0.6) is 0 Å². The van der Waals surface area contributed by atoms with Gasteiger partial charge < -0.3 is 16.6 Å². The van der Waals surface area contributed by atoms with Gasteiger partial charge in [0, 0.05) is 0 Å². The summed E-state index contributed by atoms with van der Waals surface area (Å²) >= 11 is 0. The number of unbranched alkanes of at least 4 members (excludes halogenated alkanes) is 2. The molecule has 0 aliphatic heterocycles. The Bertz CT molecular complexity index is 169. The Morgan fingerprint density at radius 1 is 1.46 bits per heavy atom. The molecule has 4 nitrogen and oxygen atoms in total. The first-order chi connectivity index (χ1) is 5.92. The second-order valence-corrected chi connectivity index (χ2v) is 3.63. The van der Waals surface area contributed by atoms with Crippen LogP contribution < -0.4 is 11.5 Å². The Morgan fingerprint density at radius 2 is 2.00 bits per heavy atom. The standard InChI is InChI=1S/C9H20N2O2/c1-3-4-5-6-7(2)9(10,11)8(12)13/h7H,3-6,10-11H2,1-2H3,(H,12,13). The molecule has 0 spiro atoms. The maximum absolute atomic E-state index is 10.6. The minimum atomic E-state index is -1.58. The van der Waals surface area contributed by atoms with E-state index in [1.807, 2.05) is 0 Å². The lowest BCUT2D eigenvalue weighted by Crippen LogP contribution is -2.61. The van der Waals surface area contributed by atoms with E-state index < -0.39 is 11.6 Å². The number of nitrogens with two attached hydrogens (primary N) is 2. The maximum Gasteiger partial charge on any atom is 0.338 e. The van der Waals surface area contributed by atoms with Crippen molar-refractivity contribution in [3.05, 3.63) is 0 Å². The summed E-state index contributed by atoms with van der Waals surface area (Å²) in [4.78, 5) is 10.6. The van der Waals surface area contributed by atoms with Crippen molar-refractivity contribution in [3.8, 4) is 0 Å². The van der Waals surface area contributed by atoms with Crippen LogP contribution in [0, 0.1) is 5.92 Å². The lowest BCUT2D eigenvalue weighted by Gasteiger charge is -2.26. The van der Waals surface area contributed by atoms with E-state index in [2.05, 4.69) is 6.92 Å². The topological polar surface area (TPSA) is 89.3 Å². The Labute approximate surface area is 79.3 Å². The van der Waals surface area contributed by atoms with Gasteiger partial charge in [-0.05, 0) is 12.3 Å². The van der Waals surface area contributed by atoms with E-state index in [0.29, 0.717) is 0 Å². The molecule has 0 aromatic carbocycles. The molecule has 0 aliphatic rings. The van der Waals surface area contributed by atoms with Gasteiger partial charge in [-0.2, -0.15) is 0 Å². The van der Waals surface area contributed by atoms with Crippen molar-refractivity contribution in [1.82, 2.24) is 0 Å². The third kappa shape index (κ3) is 3.74. The third-order valence-electron chi connectivity index (χ3n) is 2.43. The van der Waals surface area contributed by atoms with Gasteiger partial charge in [-0.3, -0.25) is 0 Å². The molecule has 0 heterocycles. The third-order valence-corrected chi connectivity index (χ3v) is 2.43. The van der Waals surface area contributed by atoms with Crippen LogP contribution in [-0.4, -0.2) is 16.7 Å². The molecule has 1 unspecified atom stereocenters. The zero-order valence-corrected chi connectivity index (χ0v) is 8.42. The molecule has 0 aromatic heterocycles. The minimum absolute atomic E-state index is 0.184. The van der Waals surface area contributed by atoms with Gasteiger partial charge in [-0.1, -0.05) is 33.1 Å². The van der Waals surface area contributed by atoms with Gasteiger partial charge in [-0.15, -0.1) is 0 Å². The van der Waals surface area contributed by atoms with E-state index in [4.69, 9.17) is 16.6 Å². The number of carboxylic acid groups (broad SMARTS) is 1. The average Bonchev–Trinajstić information content (AvgIpc) is 2.04. The largest absolute Gasteiger partial charge is 0.479 e. The van der Waals surface area contributed by atoms with Gasteiger partial charge in [0.1, 0.15) is 0 Å². The first-order valence-electron chi connectivity index (χ1n) is 4.74. The van der Waals surface area contributed by atoms with Gasteiger partial charge in [0.15, 0.2) is 5.66 Å². The van der Waals surface area contributed by atoms with E-state index >= 15 is 0 Å². The number of carbonyl (C=O) groups is 1. The summed E-state index contributed by atoms with van der Waals surface area (Å²) in [6.45, 7) is 3.88. The molecular formula is C9H20N2O2. The van der Waals surface area contributed by atoms with Gasteiger partial charge in [0.2, 0.25) is 0 Å². The van der Waals surface area contributed by atoms with Crippen LogP contribution in [0.25, 0.3) is 0 Å². The fourth-order valence-electron chi connectivity index (χ4n) is 1.15. The quantitative estimate of drug-likeness (QED) is 0.427. The van der Waals surface area contributed by atoms with E-state index in [0.717, 1.165) is 25.7 Å². The number of hydrogen-bond acceptors (Lipinski definition) is 3. The van der Waals surface area contributed by atoms with Crippen molar-refractivity contribution in [3.63, 3.8) is 0 Å². The zero-order chi connectivity index (χ0) is 10.5. The lowest BCUT2D eigenvalue weighted by atomic mass is 9.91. The van der Waals surface area contributed by atoms with Crippen LogP contribution in [-0.2, 0) is 4.79 Å². The van der Waals surface area contributed by atoms with Crippen LogP contribution in [0.4, 0.5) is 0 Å². The Balaban J connectivity index is 3.94. The first-order valence-corrected chi connectivity index (χ1v) is 4.74. The van der Waals surface area contributed by atoms with Gasteiger partial charge in [0.25, 0.3) is 0 Å². The summed E-state index contributed by atoms with van der Waals surface area (Å²) in [6.07, 6.45) is 3.97. The highest BCUT2D eigenvalue weighted by Gasteiger charge is 2.34. The van der Waals surface area contributed by atoms with Gasteiger partial charge >= 0.3 is 5.97 Å². The zero-order valence-electron chi connectivity index (χ0n) is 8.42. The maximum atomic E-state index is 10.6. The summed E-state index contributed by atoms with van der Waals surface area (Å²) in [5.74, 6) is -1.31. The monoisotopic (exact) mass is 188 g/mol. The second-order valence-electron chi connectivity index (χ2n) is 3.63. The molecule has 1 atom stereocenters. The highest BCUT2D eigenvalue weighted by Crippen LogP contribution is 2.16. The van der Waals surface area contributed by atoms with E-state index in [-0.39, 0.29) is 5.92 Å². The molecule has 0 bridgehead atoms. The molecule has 0 amide bonds. The van der Waals surface area contributed by atoms with E-state index in [1.54, 1.807) is 6.92 Å². The molecular weight excluding hydrogens is 168 g/mol. The Hall–Kier alpha value is -0.610. The van der Waals surface area contributed by atoms with Gasteiger partial charge in [0.05, 0.1) is 0 Å². The number of aliphatic carboxylic acids is 1. The summed E-state index contributed by atoms with van der Waals surface area (Å²) < 4.78 is 0. The summed E-state index contributed by atoms with van der Waals surface area (Å²) in [7, 11) is 0. The summed E-state index contributed by atoms with van der Waals surface area (Å²) in [5.41, 5.74) is 9.35. The van der Waals surface area contributed by atoms with Crippen molar-refractivity contribution < 1.29 is 9.90 Å². The van der Waals surface area contributed by atoms with Crippen LogP contribution in [0.1, 0.15) is 39.5 Å². The molecule has 0 fully saturated rings. The first kappa shape index (κ1) is 12.4. The molecule has 4 heteroatoms. The molecule has 78 valence electrons. The highest BCUT2D eigenvalue weighted by molar-refractivity contribution is 5.77. The van der Waals surface area contributed by atoms with Crippen LogP contribution in [0.15, 0.2) is 0 Å². The number of rotatable bonds is 6. The van der Waals surface area contributed by atoms with Crippen molar-refractivity contribution in [2.45, 2.75) is 45.2 Å². The average molecular weight is 188 g/mol. The van der Waals surface area contributed by atoms with Gasteiger partial charge in [-0.25, -0.2) is 4.79 Å². The second kappa shape index (κ2) is 5.19. The van der Waals surface area contributed by atoms with Crippen LogP contribution in [0.2, 0.25) is 0 Å². The molecule has 0 aliphatic carbocycles. The van der Waals surface area contributed by atoms with E-state index in [1.165, 1.54) is 0 Å². The Morgan fingerprint density at radius 3 is 2.38 bits per heavy atom. The van der Waals surface area contributed by atoms with Crippen LogP contribution in [0.3, 0.4) is 0 Å². The molecule has 0 saturated heterocycles. The lowest BCUT2D eigenvalue weighted by molar-refractivity contribution is -0.145. The molecule has 0 aromatic rings. The molecule has 5 N–H and O–H groups in total. The molecule has 0 rings (SSSR count). The normalized spacial score (nSPS) is 14.2. The number of hydrogen-bond donors (Lipinski definition) is 3. The SMILES string of the molecule is CCCCCC(C)C(N)(N)C(=O)O. The van der Waals surface area contributed by atoms with Crippen molar-refractivity contribution >= 4 is 5.97 Å². The smallest absolute Gasteiger partial charge is 0.338 e. The highest BCUT2D eigenvalue weighted by atomic mass is 16.4. The molecule has 0 radical (unpaired) electrons. The minimum Gasteiger partial charge on any atom is -0.479 e. The van der Waals surface area contributed by atoms with Crippen molar-refractivity contribution in [1.29, 1.82) is 0 Å². The fraction of sp³-hybridized carbons (Fsp3) is 0.889. The Kier molecular flexibility index (Phi) is 4.95. The predicted molar refractivity (Wildman–Crippen MR) is 52.0 cm³/mol. The van der Waals surface area contributed by atoms with Crippen LogP contribution >= 0.6 is 0 Å². The van der Waals surface area contributed by atoms with Crippen molar-refractivity contribution in [2.24, 2.45) is 17.4 Å². The molecule has 0 saturated carbocycles. The predicted octanol–water partition coefficient (Wildman–Crippen LogP) is 0.901. The van der Waals surface area contributed by atoms with E-state index in [9.17, 15) is 4.79 Å². The molecule has 13 heavy (non-hydrogen) atoms.